The molecule has 0 aromatic heterocycles. The van der Waals surface area contributed by atoms with Crippen LogP contribution < -0.4 is 4.74 Å². The second kappa shape index (κ2) is 3.68. The summed E-state index contributed by atoms with van der Waals surface area (Å²) in [5, 5.41) is 0. The lowest BCUT2D eigenvalue weighted by Gasteiger charge is -2.24. The lowest BCUT2D eigenvalue weighted by Crippen LogP contribution is -2.20. The van der Waals surface area contributed by atoms with Crippen LogP contribution in [0.1, 0.15) is 18.9 Å². The van der Waals surface area contributed by atoms with Gasteiger partial charge in [-0.1, -0.05) is 12.1 Å². The standard InChI is InChI=1S/C10H11ClO3S/c1-7-5-6-8-3-2-4-9(10(8)14-7)15(11,12)13/h2-4,7H,5-6H2,1H3. The van der Waals surface area contributed by atoms with Gasteiger partial charge in [0.25, 0.3) is 9.05 Å². The Kier molecular flexibility index (Phi) is 2.64. The first-order valence-electron chi connectivity index (χ1n) is 4.71. The molecule has 1 aliphatic rings. The van der Waals surface area contributed by atoms with Gasteiger partial charge in [0.05, 0.1) is 6.10 Å². The zero-order valence-electron chi connectivity index (χ0n) is 8.23. The minimum absolute atomic E-state index is 0.0390. The third kappa shape index (κ3) is 2.11. The van der Waals surface area contributed by atoms with Gasteiger partial charge in [-0.15, -0.1) is 0 Å². The molecule has 0 fully saturated rings. The number of ether oxygens (including phenoxy) is 1. The number of hydrogen-bond acceptors (Lipinski definition) is 3. The van der Waals surface area contributed by atoms with E-state index in [9.17, 15) is 8.42 Å². The van der Waals surface area contributed by atoms with Gasteiger partial charge >= 0.3 is 0 Å². The molecular weight excluding hydrogens is 236 g/mol. The minimum Gasteiger partial charge on any atom is -0.489 e. The zero-order valence-corrected chi connectivity index (χ0v) is 9.81. The number of benzene rings is 1. The summed E-state index contributed by atoms with van der Waals surface area (Å²) in [6, 6.07) is 5.03. The molecule has 1 aliphatic heterocycles. The topological polar surface area (TPSA) is 43.4 Å². The van der Waals surface area contributed by atoms with Crippen LogP contribution in [0.15, 0.2) is 23.1 Å². The molecule has 1 aromatic carbocycles. The maximum atomic E-state index is 11.3. The van der Waals surface area contributed by atoms with Gasteiger partial charge in [-0.2, -0.15) is 0 Å². The van der Waals surface area contributed by atoms with E-state index in [1.165, 1.54) is 6.07 Å². The molecule has 0 spiro atoms. The van der Waals surface area contributed by atoms with Crippen LogP contribution in [-0.2, 0) is 15.5 Å². The third-order valence-electron chi connectivity index (χ3n) is 2.46. The molecule has 0 N–H and O–H groups in total. The molecule has 0 radical (unpaired) electrons. The van der Waals surface area contributed by atoms with Crippen molar-refractivity contribution in [2.45, 2.75) is 30.8 Å². The van der Waals surface area contributed by atoms with Crippen LogP contribution >= 0.6 is 10.7 Å². The summed E-state index contributed by atoms with van der Waals surface area (Å²) in [5.74, 6) is 0.422. The average molecular weight is 247 g/mol. The average Bonchev–Trinajstić information content (AvgIpc) is 2.15. The Morgan fingerprint density at radius 3 is 2.87 bits per heavy atom. The predicted molar refractivity (Wildman–Crippen MR) is 57.9 cm³/mol. The second-order valence-corrected chi connectivity index (χ2v) is 6.18. The summed E-state index contributed by atoms with van der Waals surface area (Å²) >= 11 is 0. The van der Waals surface area contributed by atoms with Gasteiger partial charge in [0.15, 0.2) is 0 Å². The minimum atomic E-state index is -3.72. The first kappa shape index (κ1) is 10.8. The fraction of sp³-hybridized carbons (Fsp3) is 0.400. The monoisotopic (exact) mass is 246 g/mol. The van der Waals surface area contributed by atoms with Crippen molar-refractivity contribution in [1.29, 1.82) is 0 Å². The van der Waals surface area contributed by atoms with Crippen LogP contribution in [0.25, 0.3) is 0 Å². The lowest BCUT2D eigenvalue weighted by molar-refractivity contribution is 0.187. The Bertz CT molecular complexity index is 481. The van der Waals surface area contributed by atoms with Gasteiger partial charge in [0.2, 0.25) is 0 Å². The first-order valence-corrected chi connectivity index (χ1v) is 7.02. The molecule has 0 bridgehead atoms. The van der Waals surface area contributed by atoms with Gasteiger partial charge < -0.3 is 4.74 Å². The molecule has 2 rings (SSSR count). The van der Waals surface area contributed by atoms with E-state index >= 15 is 0 Å². The molecule has 1 unspecified atom stereocenters. The second-order valence-electron chi connectivity index (χ2n) is 3.65. The Morgan fingerprint density at radius 1 is 1.47 bits per heavy atom. The molecule has 0 saturated carbocycles. The molecule has 1 heterocycles. The molecule has 0 saturated heterocycles. The maximum Gasteiger partial charge on any atom is 0.264 e. The van der Waals surface area contributed by atoms with E-state index in [0.717, 1.165) is 18.4 Å². The van der Waals surface area contributed by atoms with Gasteiger partial charge in [0.1, 0.15) is 10.6 Å². The van der Waals surface area contributed by atoms with E-state index in [0.29, 0.717) is 5.75 Å². The van der Waals surface area contributed by atoms with Crippen LogP contribution in [0.5, 0.6) is 5.75 Å². The fourth-order valence-electron chi connectivity index (χ4n) is 1.70. The van der Waals surface area contributed by atoms with Crippen molar-refractivity contribution < 1.29 is 13.2 Å². The van der Waals surface area contributed by atoms with Crippen molar-refractivity contribution in [3.05, 3.63) is 23.8 Å². The Morgan fingerprint density at radius 2 is 2.20 bits per heavy atom. The van der Waals surface area contributed by atoms with Crippen molar-refractivity contribution in [3.63, 3.8) is 0 Å². The van der Waals surface area contributed by atoms with E-state index in [-0.39, 0.29) is 11.0 Å². The van der Waals surface area contributed by atoms with Crippen molar-refractivity contribution in [3.8, 4) is 5.75 Å². The number of rotatable bonds is 1. The van der Waals surface area contributed by atoms with Gasteiger partial charge in [-0.25, -0.2) is 8.42 Å². The fourth-order valence-corrected chi connectivity index (χ4v) is 2.71. The Hall–Kier alpha value is -0.740. The summed E-state index contributed by atoms with van der Waals surface area (Å²) in [5.41, 5.74) is 0.912. The van der Waals surface area contributed by atoms with Crippen molar-refractivity contribution in [1.82, 2.24) is 0 Å². The molecular formula is C10H11ClO3S. The Labute approximate surface area is 93.4 Å². The summed E-state index contributed by atoms with van der Waals surface area (Å²) < 4.78 is 28.1. The van der Waals surface area contributed by atoms with E-state index < -0.39 is 9.05 Å². The summed E-state index contributed by atoms with van der Waals surface area (Å²) in [4.78, 5) is 0.0771. The predicted octanol–water partition coefficient (Wildman–Crippen LogP) is 2.33. The van der Waals surface area contributed by atoms with Gasteiger partial charge in [-0.3, -0.25) is 0 Å². The number of fused-ring (bicyclic) bond motifs is 1. The molecule has 0 amide bonds. The van der Waals surface area contributed by atoms with Gasteiger partial charge in [0, 0.05) is 10.7 Å². The first-order chi connectivity index (χ1) is 6.98. The van der Waals surface area contributed by atoms with Crippen LogP contribution in [0.4, 0.5) is 0 Å². The molecule has 15 heavy (non-hydrogen) atoms. The van der Waals surface area contributed by atoms with E-state index in [2.05, 4.69) is 0 Å². The van der Waals surface area contributed by atoms with E-state index in [1.54, 1.807) is 6.07 Å². The molecule has 82 valence electrons. The highest BCUT2D eigenvalue weighted by atomic mass is 35.7. The highest BCUT2D eigenvalue weighted by Crippen LogP contribution is 2.35. The van der Waals surface area contributed by atoms with Crippen molar-refractivity contribution in [2.75, 3.05) is 0 Å². The van der Waals surface area contributed by atoms with E-state index in [1.807, 2.05) is 13.0 Å². The summed E-state index contributed by atoms with van der Waals surface area (Å²) in [7, 11) is 1.61. The maximum absolute atomic E-state index is 11.3. The third-order valence-corrected chi connectivity index (χ3v) is 3.81. The van der Waals surface area contributed by atoms with Crippen LogP contribution in [0.3, 0.4) is 0 Å². The zero-order chi connectivity index (χ0) is 11.1. The molecule has 3 nitrogen and oxygen atoms in total. The SMILES string of the molecule is CC1CCc2cccc(S(=O)(=O)Cl)c2O1. The van der Waals surface area contributed by atoms with Crippen molar-refractivity contribution >= 4 is 19.7 Å². The number of para-hydroxylation sites is 1. The molecule has 1 aromatic rings. The Balaban J connectivity index is 2.59. The van der Waals surface area contributed by atoms with Crippen molar-refractivity contribution in [2.24, 2.45) is 0 Å². The van der Waals surface area contributed by atoms with E-state index in [4.69, 9.17) is 15.4 Å². The molecule has 1 atom stereocenters. The summed E-state index contributed by atoms with van der Waals surface area (Å²) in [6.07, 6.45) is 1.77. The largest absolute Gasteiger partial charge is 0.489 e. The number of aryl methyl sites for hydroxylation is 1. The number of halogens is 1. The van der Waals surface area contributed by atoms with Crippen LogP contribution in [0, 0.1) is 0 Å². The molecule has 5 heteroatoms. The normalized spacial score (nSPS) is 20.5. The number of hydrogen-bond donors (Lipinski definition) is 0. The summed E-state index contributed by atoms with van der Waals surface area (Å²) in [6.45, 7) is 1.92. The molecule has 0 aliphatic carbocycles. The lowest BCUT2D eigenvalue weighted by atomic mass is 10.0. The quantitative estimate of drug-likeness (QED) is 0.715. The van der Waals surface area contributed by atoms with Gasteiger partial charge in [-0.05, 0) is 31.4 Å². The smallest absolute Gasteiger partial charge is 0.264 e. The van der Waals surface area contributed by atoms with Crippen LogP contribution in [-0.4, -0.2) is 14.5 Å². The highest BCUT2D eigenvalue weighted by molar-refractivity contribution is 8.13. The highest BCUT2D eigenvalue weighted by Gasteiger charge is 2.24. The van der Waals surface area contributed by atoms with Crippen LogP contribution in [0.2, 0.25) is 0 Å².